The van der Waals surface area contributed by atoms with Gasteiger partial charge in [0.2, 0.25) is 5.82 Å². The molecule has 0 amide bonds. The van der Waals surface area contributed by atoms with Crippen LogP contribution in [0.2, 0.25) is 0 Å². The van der Waals surface area contributed by atoms with E-state index in [1.807, 2.05) is 0 Å². The molecule has 2 rings (SSSR count). The van der Waals surface area contributed by atoms with Gasteiger partial charge in [0.25, 0.3) is 0 Å². The topological polar surface area (TPSA) is 67.3 Å². The third-order valence-electron chi connectivity index (χ3n) is 2.78. The summed E-state index contributed by atoms with van der Waals surface area (Å²) in [5.41, 5.74) is 0.142. The zero-order chi connectivity index (χ0) is 15.5. The van der Waals surface area contributed by atoms with Crippen molar-refractivity contribution < 1.29 is 23.0 Å². The summed E-state index contributed by atoms with van der Waals surface area (Å²) in [6.07, 6.45) is -4.23. The van der Waals surface area contributed by atoms with Crippen LogP contribution in [0.1, 0.15) is 12.2 Å². The van der Waals surface area contributed by atoms with Crippen molar-refractivity contribution in [3.8, 4) is 5.75 Å². The molecule has 0 unspecified atom stereocenters. The van der Waals surface area contributed by atoms with Gasteiger partial charge in [-0.2, -0.15) is 13.2 Å². The van der Waals surface area contributed by atoms with Crippen molar-refractivity contribution in [2.75, 3.05) is 25.6 Å². The van der Waals surface area contributed by atoms with Crippen LogP contribution in [0.15, 0.2) is 18.2 Å². The third kappa shape index (κ3) is 3.52. The molecule has 0 aliphatic heterocycles. The molecule has 2 N–H and O–H groups in total. The Hall–Kier alpha value is -2.09. The van der Waals surface area contributed by atoms with Gasteiger partial charge in [-0.1, -0.05) is 0 Å². The number of hydrogen-bond donors (Lipinski definition) is 2. The summed E-state index contributed by atoms with van der Waals surface area (Å²) in [4.78, 5) is 7.07. The monoisotopic (exact) mass is 301 g/mol. The second-order valence-electron chi connectivity index (χ2n) is 4.28. The van der Waals surface area contributed by atoms with Gasteiger partial charge in [0.15, 0.2) is 0 Å². The second kappa shape index (κ2) is 6.13. The maximum absolute atomic E-state index is 12.8. The van der Waals surface area contributed by atoms with Crippen molar-refractivity contribution in [2.24, 2.45) is 0 Å². The maximum atomic E-state index is 12.8. The van der Waals surface area contributed by atoms with E-state index >= 15 is 0 Å². The van der Waals surface area contributed by atoms with Crippen LogP contribution in [0.4, 0.5) is 19.0 Å². The number of benzene rings is 1. The summed E-state index contributed by atoms with van der Waals surface area (Å²) in [6.45, 7) is 0.252. The summed E-state index contributed by atoms with van der Waals surface area (Å²) in [7, 11) is 1.42. The summed E-state index contributed by atoms with van der Waals surface area (Å²) in [5, 5.41) is 12.0. The summed E-state index contributed by atoms with van der Waals surface area (Å²) in [5.74, 6) is -0.714. The van der Waals surface area contributed by atoms with E-state index in [0.717, 1.165) is 0 Å². The number of aromatic nitrogens is 2. The minimum absolute atomic E-state index is 0.0596. The molecule has 0 radical (unpaired) electrons. The fourth-order valence-electron chi connectivity index (χ4n) is 1.78. The molecule has 0 saturated heterocycles. The first-order valence-corrected chi connectivity index (χ1v) is 6.23. The highest BCUT2D eigenvalue weighted by atomic mass is 19.4. The van der Waals surface area contributed by atoms with Gasteiger partial charge in [-0.05, 0) is 18.6 Å². The molecule has 0 spiro atoms. The van der Waals surface area contributed by atoms with E-state index in [-0.39, 0.29) is 17.9 Å². The Morgan fingerprint density at radius 1 is 1.29 bits per heavy atom. The minimum atomic E-state index is -4.63. The number of nitrogens with one attached hydrogen (secondary N) is 1. The quantitative estimate of drug-likeness (QED) is 0.830. The van der Waals surface area contributed by atoms with E-state index < -0.39 is 12.0 Å². The van der Waals surface area contributed by atoms with Crippen molar-refractivity contribution in [1.29, 1.82) is 0 Å². The first-order chi connectivity index (χ1) is 9.95. The molecule has 1 aromatic carbocycles. The van der Waals surface area contributed by atoms with E-state index in [0.29, 0.717) is 24.1 Å². The Labute approximate surface area is 118 Å². The lowest BCUT2D eigenvalue weighted by Crippen LogP contribution is -2.14. The van der Waals surface area contributed by atoms with Gasteiger partial charge in [0.05, 0.1) is 12.6 Å². The number of nitrogens with zero attached hydrogens (tertiary/aromatic N) is 2. The fourth-order valence-corrected chi connectivity index (χ4v) is 1.78. The van der Waals surface area contributed by atoms with Gasteiger partial charge in [-0.25, -0.2) is 9.97 Å². The predicted molar refractivity (Wildman–Crippen MR) is 71.3 cm³/mol. The van der Waals surface area contributed by atoms with E-state index in [1.165, 1.54) is 13.2 Å². The van der Waals surface area contributed by atoms with Crippen LogP contribution in [-0.4, -0.2) is 35.3 Å². The van der Waals surface area contributed by atoms with Gasteiger partial charge in [-0.15, -0.1) is 0 Å². The molecule has 0 bridgehead atoms. The fraction of sp³-hybridized carbons (Fsp3) is 0.385. The molecule has 21 heavy (non-hydrogen) atoms. The van der Waals surface area contributed by atoms with Crippen LogP contribution in [0.25, 0.3) is 10.9 Å². The average Bonchev–Trinajstić information content (AvgIpc) is 2.45. The van der Waals surface area contributed by atoms with Crippen LogP contribution in [0, 0.1) is 0 Å². The number of fused-ring (bicyclic) bond motifs is 1. The number of ether oxygens (including phenoxy) is 1. The molecule has 0 aliphatic rings. The van der Waals surface area contributed by atoms with E-state index in [2.05, 4.69) is 15.3 Å². The van der Waals surface area contributed by atoms with Crippen LogP contribution in [-0.2, 0) is 6.18 Å². The summed E-state index contributed by atoms with van der Waals surface area (Å²) < 4.78 is 43.5. The summed E-state index contributed by atoms with van der Waals surface area (Å²) in [6, 6.07) is 4.63. The van der Waals surface area contributed by atoms with E-state index in [4.69, 9.17) is 9.84 Å². The molecule has 0 aliphatic carbocycles. The van der Waals surface area contributed by atoms with Crippen LogP contribution < -0.4 is 10.1 Å². The first-order valence-electron chi connectivity index (χ1n) is 6.23. The van der Waals surface area contributed by atoms with Gasteiger partial charge >= 0.3 is 6.18 Å². The number of aliphatic hydroxyl groups excluding tert-OH is 1. The second-order valence-corrected chi connectivity index (χ2v) is 4.28. The highest BCUT2D eigenvalue weighted by Gasteiger charge is 2.35. The lowest BCUT2D eigenvalue weighted by molar-refractivity contribution is -0.144. The standard InChI is InChI=1S/C13H14F3N3O2/c1-21-8-3-4-9-10(7-8)18-12(13(14,15)16)19-11(9)17-5-2-6-20/h3-4,7,20H,2,5-6H2,1H3,(H,17,18,19). The molecule has 0 atom stereocenters. The molecular formula is C13H14F3N3O2. The minimum Gasteiger partial charge on any atom is -0.497 e. The Bertz CT molecular complexity index is 632. The highest BCUT2D eigenvalue weighted by molar-refractivity contribution is 5.90. The Morgan fingerprint density at radius 2 is 2.05 bits per heavy atom. The smallest absolute Gasteiger partial charge is 0.451 e. The lowest BCUT2D eigenvalue weighted by Gasteiger charge is -2.12. The van der Waals surface area contributed by atoms with Crippen molar-refractivity contribution in [2.45, 2.75) is 12.6 Å². The van der Waals surface area contributed by atoms with E-state index in [1.54, 1.807) is 12.1 Å². The number of hydrogen-bond acceptors (Lipinski definition) is 5. The van der Waals surface area contributed by atoms with Crippen molar-refractivity contribution >= 4 is 16.7 Å². The zero-order valence-electron chi connectivity index (χ0n) is 11.2. The Kier molecular flexibility index (Phi) is 4.46. The third-order valence-corrected chi connectivity index (χ3v) is 2.78. The molecule has 0 fully saturated rings. The number of halogens is 3. The Morgan fingerprint density at radius 3 is 2.67 bits per heavy atom. The van der Waals surface area contributed by atoms with Crippen molar-refractivity contribution in [3.05, 3.63) is 24.0 Å². The molecule has 2 aromatic rings. The molecule has 1 heterocycles. The molecule has 8 heteroatoms. The van der Waals surface area contributed by atoms with Crippen LogP contribution in [0.5, 0.6) is 5.75 Å². The lowest BCUT2D eigenvalue weighted by atomic mass is 10.2. The van der Waals surface area contributed by atoms with Crippen molar-refractivity contribution in [3.63, 3.8) is 0 Å². The van der Waals surface area contributed by atoms with Gasteiger partial charge in [0, 0.05) is 24.6 Å². The Balaban J connectivity index is 2.52. The van der Waals surface area contributed by atoms with Gasteiger partial charge in [-0.3, -0.25) is 0 Å². The van der Waals surface area contributed by atoms with Gasteiger partial charge < -0.3 is 15.2 Å². The normalized spacial score (nSPS) is 11.7. The number of aliphatic hydroxyl groups is 1. The van der Waals surface area contributed by atoms with Crippen molar-refractivity contribution in [1.82, 2.24) is 9.97 Å². The van der Waals surface area contributed by atoms with Gasteiger partial charge in [0.1, 0.15) is 11.6 Å². The maximum Gasteiger partial charge on any atom is 0.451 e. The summed E-state index contributed by atoms with van der Waals surface area (Å²) >= 11 is 0. The molecule has 0 saturated carbocycles. The average molecular weight is 301 g/mol. The largest absolute Gasteiger partial charge is 0.497 e. The first kappa shape index (κ1) is 15.3. The predicted octanol–water partition coefficient (Wildman–Crippen LogP) is 2.45. The number of alkyl halides is 3. The van der Waals surface area contributed by atoms with Crippen LogP contribution >= 0.6 is 0 Å². The molecule has 1 aromatic heterocycles. The number of anilines is 1. The number of rotatable bonds is 5. The highest BCUT2D eigenvalue weighted by Crippen LogP contribution is 2.31. The van der Waals surface area contributed by atoms with E-state index in [9.17, 15) is 13.2 Å². The number of methoxy groups -OCH3 is 1. The zero-order valence-corrected chi connectivity index (χ0v) is 11.2. The molecule has 5 nitrogen and oxygen atoms in total. The van der Waals surface area contributed by atoms with Crippen LogP contribution in [0.3, 0.4) is 0 Å². The molecule has 114 valence electrons. The SMILES string of the molecule is COc1ccc2c(NCCCO)nc(C(F)(F)F)nc2c1. The molecular weight excluding hydrogens is 287 g/mol.